The number of hydrogen-bond donors (Lipinski definition) is 2. The van der Waals surface area contributed by atoms with Gasteiger partial charge in [-0.1, -0.05) is 13.8 Å². The van der Waals surface area contributed by atoms with Crippen LogP contribution in [0.4, 0.5) is 5.13 Å². The highest BCUT2D eigenvalue weighted by atomic mass is 32.1. The van der Waals surface area contributed by atoms with Gasteiger partial charge in [0.05, 0.1) is 5.69 Å². The zero-order chi connectivity index (χ0) is 9.14. The first-order valence-corrected chi connectivity index (χ1v) is 4.86. The van der Waals surface area contributed by atoms with Gasteiger partial charge < -0.3 is 11.1 Å². The molecule has 1 rings (SSSR count). The molecule has 3 N–H and O–H groups in total. The van der Waals surface area contributed by atoms with Crippen LogP contribution in [0.15, 0.2) is 0 Å². The van der Waals surface area contributed by atoms with Gasteiger partial charge in [0.1, 0.15) is 0 Å². The van der Waals surface area contributed by atoms with Crippen LogP contribution in [0.2, 0.25) is 0 Å². The largest absolute Gasteiger partial charge is 0.375 e. The van der Waals surface area contributed by atoms with Gasteiger partial charge in [-0.25, -0.2) is 4.98 Å². The van der Waals surface area contributed by atoms with E-state index in [0.717, 1.165) is 12.2 Å². The second-order valence-electron chi connectivity index (χ2n) is 3.10. The van der Waals surface area contributed by atoms with Crippen LogP contribution in [0.5, 0.6) is 0 Å². The molecule has 0 spiro atoms. The Labute approximate surface area is 77.0 Å². The second-order valence-corrected chi connectivity index (χ2v) is 4.21. The van der Waals surface area contributed by atoms with Gasteiger partial charge in [0.15, 0.2) is 5.13 Å². The fourth-order valence-corrected chi connectivity index (χ4v) is 1.70. The number of thiazole rings is 1. The first-order valence-electron chi connectivity index (χ1n) is 4.04. The summed E-state index contributed by atoms with van der Waals surface area (Å²) < 4.78 is 0. The van der Waals surface area contributed by atoms with E-state index in [1.54, 1.807) is 11.3 Å². The molecule has 0 atom stereocenters. The van der Waals surface area contributed by atoms with E-state index in [1.165, 1.54) is 4.88 Å². The molecule has 0 aliphatic carbocycles. The number of hydrogen-bond acceptors (Lipinski definition) is 4. The Kier molecular flexibility index (Phi) is 3.05. The fraction of sp³-hybridized carbons (Fsp3) is 0.625. The van der Waals surface area contributed by atoms with E-state index in [-0.39, 0.29) is 0 Å². The van der Waals surface area contributed by atoms with Crippen molar-refractivity contribution in [1.29, 1.82) is 0 Å². The van der Waals surface area contributed by atoms with Crippen LogP contribution in [0.1, 0.15) is 24.4 Å². The van der Waals surface area contributed by atoms with Crippen molar-refractivity contribution in [2.75, 3.05) is 5.73 Å². The number of rotatable bonds is 3. The number of nitrogens with one attached hydrogen (secondary N) is 1. The van der Waals surface area contributed by atoms with E-state index in [9.17, 15) is 0 Å². The summed E-state index contributed by atoms with van der Waals surface area (Å²) in [6.07, 6.45) is 0. The number of anilines is 1. The lowest BCUT2D eigenvalue weighted by Gasteiger charge is -2.05. The van der Waals surface area contributed by atoms with Crippen molar-refractivity contribution in [2.24, 2.45) is 0 Å². The zero-order valence-electron chi connectivity index (χ0n) is 7.72. The third-order valence-corrected chi connectivity index (χ3v) is 2.57. The van der Waals surface area contributed by atoms with Crippen LogP contribution in [0, 0.1) is 6.92 Å². The molecule has 0 saturated heterocycles. The molecule has 1 heterocycles. The summed E-state index contributed by atoms with van der Waals surface area (Å²) in [6, 6.07) is 0.507. The Hall–Kier alpha value is -0.610. The fourth-order valence-electron chi connectivity index (χ4n) is 0.911. The highest BCUT2D eigenvalue weighted by molar-refractivity contribution is 7.15. The molecule has 12 heavy (non-hydrogen) atoms. The molecule has 3 nitrogen and oxygen atoms in total. The number of aromatic nitrogens is 1. The van der Waals surface area contributed by atoms with E-state index in [1.807, 2.05) is 6.92 Å². The van der Waals surface area contributed by atoms with Crippen molar-refractivity contribution >= 4 is 16.5 Å². The van der Waals surface area contributed by atoms with E-state index in [4.69, 9.17) is 5.73 Å². The van der Waals surface area contributed by atoms with Crippen molar-refractivity contribution in [1.82, 2.24) is 10.3 Å². The average molecular weight is 185 g/mol. The zero-order valence-corrected chi connectivity index (χ0v) is 8.53. The molecular weight excluding hydrogens is 170 g/mol. The van der Waals surface area contributed by atoms with Crippen LogP contribution >= 0.6 is 11.3 Å². The summed E-state index contributed by atoms with van der Waals surface area (Å²) in [6.45, 7) is 7.11. The number of aryl methyl sites for hydroxylation is 1. The van der Waals surface area contributed by atoms with Gasteiger partial charge in [-0.3, -0.25) is 0 Å². The van der Waals surface area contributed by atoms with Gasteiger partial charge in [0, 0.05) is 17.5 Å². The summed E-state index contributed by atoms with van der Waals surface area (Å²) >= 11 is 1.56. The molecule has 0 unspecified atom stereocenters. The van der Waals surface area contributed by atoms with Crippen molar-refractivity contribution in [3.8, 4) is 0 Å². The summed E-state index contributed by atoms with van der Waals surface area (Å²) in [5.41, 5.74) is 6.61. The van der Waals surface area contributed by atoms with E-state index < -0.39 is 0 Å². The summed E-state index contributed by atoms with van der Waals surface area (Å²) in [5.74, 6) is 0. The quantitative estimate of drug-likeness (QED) is 0.751. The number of nitrogens with zero attached hydrogens (tertiary/aromatic N) is 1. The molecule has 4 heteroatoms. The van der Waals surface area contributed by atoms with Crippen LogP contribution < -0.4 is 11.1 Å². The van der Waals surface area contributed by atoms with Gasteiger partial charge in [-0.15, -0.1) is 11.3 Å². The van der Waals surface area contributed by atoms with Crippen LogP contribution in [-0.2, 0) is 6.54 Å². The maximum atomic E-state index is 5.57. The number of nitrogens with two attached hydrogens (primary N) is 1. The molecule has 68 valence electrons. The molecule has 0 fully saturated rings. The number of nitrogen functional groups attached to an aromatic ring is 1. The van der Waals surface area contributed by atoms with Gasteiger partial charge in [-0.05, 0) is 6.92 Å². The topological polar surface area (TPSA) is 50.9 Å². The van der Waals surface area contributed by atoms with Gasteiger partial charge in [0.25, 0.3) is 0 Å². The Morgan fingerprint density at radius 2 is 2.25 bits per heavy atom. The average Bonchev–Trinajstić information content (AvgIpc) is 2.26. The van der Waals surface area contributed by atoms with Crippen molar-refractivity contribution in [3.63, 3.8) is 0 Å². The Morgan fingerprint density at radius 3 is 2.67 bits per heavy atom. The third-order valence-electron chi connectivity index (χ3n) is 1.58. The highest BCUT2D eigenvalue weighted by Crippen LogP contribution is 2.19. The van der Waals surface area contributed by atoms with E-state index in [2.05, 4.69) is 24.1 Å². The molecule has 0 radical (unpaired) electrons. The Balaban J connectivity index is 2.57. The maximum Gasteiger partial charge on any atom is 0.180 e. The minimum atomic E-state index is 0.507. The van der Waals surface area contributed by atoms with Crippen molar-refractivity contribution in [2.45, 2.75) is 33.4 Å². The lowest BCUT2D eigenvalue weighted by Crippen LogP contribution is -2.21. The van der Waals surface area contributed by atoms with Crippen molar-refractivity contribution in [3.05, 3.63) is 10.6 Å². The minimum absolute atomic E-state index is 0.507. The van der Waals surface area contributed by atoms with E-state index >= 15 is 0 Å². The summed E-state index contributed by atoms with van der Waals surface area (Å²) in [7, 11) is 0. The SMILES string of the molecule is Cc1nc(N)sc1CNC(C)C. The van der Waals surface area contributed by atoms with Crippen molar-refractivity contribution < 1.29 is 0 Å². The maximum absolute atomic E-state index is 5.57. The Morgan fingerprint density at radius 1 is 1.58 bits per heavy atom. The summed E-state index contributed by atoms with van der Waals surface area (Å²) in [4.78, 5) is 5.38. The second kappa shape index (κ2) is 3.87. The molecule has 1 aromatic rings. The lowest BCUT2D eigenvalue weighted by molar-refractivity contribution is 0.591. The molecule has 1 aromatic heterocycles. The molecule has 0 aromatic carbocycles. The molecule has 0 saturated carbocycles. The van der Waals surface area contributed by atoms with Gasteiger partial charge in [0.2, 0.25) is 0 Å². The monoisotopic (exact) mass is 185 g/mol. The highest BCUT2D eigenvalue weighted by Gasteiger charge is 2.04. The minimum Gasteiger partial charge on any atom is -0.375 e. The molecule has 0 amide bonds. The van der Waals surface area contributed by atoms with Crippen LogP contribution in [-0.4, -0.2) is 11.0 Å². The lowest BCUT2D eigenvalue weighted by atomic mass is 10.3. The molecule has 0 aliphatic heterocycles. The molecule has 0 aliphatic rings. The predicted octanol–water partition coefficient (Wildman–Crippen LogP) is 1.53. The normalized spacial score (nSPS) is 11.0. The van der Waals surface area contributed by atoms with Crippen LogP contribution in [0.3, 0.4) is 0 Å². The van der Waals surface area contributed by atoms with Gasteiger partial charge >= 0.3 is 0 Å². The van der Waals surface area contributed by atoms with Gasteiger partial charge in [-0.2, -0.15) is 0 Å². The molecule has 0 bridgehead atoms. The smallest absolute Gasteiger partial charge is 0.180 e. The molecular formula is C8H15N3S. The van der Waals surface area contributed by atoms with Crippen LogP contribution in [0.25, 0.3) is 0 Å². The predicted molar refractivity (Wildman–Crippen MR) is 53.2 cm³/mol. The van der Waals surface area contributed by atoms with E-state index in [0.29, 0.717) is 11.2 Å². The first-order chi connectivity index (χ1) is 5.59. The summed E-state index contributed by atoms with van der Waals surface area (Å²) in [5, 5.41) is 3.99. The Bertz CT molecular complexity index is 255. The third kappa shape index (κ3) is 2.46. The standard InChI is InChI=1S/C8H15N3S/c1-5(2)10-4-7-6(3)11-8(9)12-7/h5,10H,4H2,1-3H3,(H2,9,11). The first kappa shape index (κ1) is 9.48.